The van der Waals surface area contributed by atoms with Crippen molar-refractivity contribution >= 4 is 22.4 Å². The fourth-order valence-electron chi connectivity index (χ4n) is 7.40. The van der Waals surface area contributed by atoms with Crippen molar-refractivity contribution in [3.05, 3.63) is 22.1 Å². The van der Waals surface area contributed by atoms with E-state index in [0.29, 0.717) is 0 Å². The van der Waals surface area contributed by atoms with E-state index in [0.717, 1.165) is 48.5 Å². The number of hydrogen-bond acceptors (Lipinski definition) is 5. The minimum Gasteiger partial charge on any atom is -0.372 e. The van der Waals surface area contributed by atoms with Crippen molar-refractivity contribution in [1.29, 1.82) is 0 Å². The Labute approximate surface area is 321 Å². The van der Waals surface area contributed by atoms with E-state index in [1.165, 1.54) is 193 Å². The molecule has 0 aliphatic carbocycles. The van der Waals surface area contributed by atoms with E-state index in [9.17, 15) is 0 Å². The van der Waals surface area contributed by atoms with Gasteiger partial charge in [0.2, 0.25) is 0 Å². The number of rotatable bonds is 38. The summed E-state index contributed by atoms with van der Waals surface area (Å²) in [6.07, 6.45) is 44.3. The molecule has 51 heavy (non-hydrogen) atoms. The Kier molecular flexibility index (Phi) is 30.3. The molecule has 0 bridgehead atoms. The predicted molar refractivity (Wildman–Crippen MR) is 225 cm³/mol. The molecule has 4 nitrogen and oxygen atoms in total. The van der Waals surface area contributed by atoms with Crippen LogP contribution in [0.2, 0.25) is 0 Å². The van der Waals surface area contributed by atoms with Crippen LogP contribution in [0.25, 0.3) is 11.0 Å². The van der Waals surface area contributed by atoms with Crippen molar-refractivity contribution in [3.63, 3.8) is 0 Å². The van der Waals surface area contributed by atoms with Crippen molar-refractivity contribution < 1.29 is 9.47 Å². The molecule has 0 saturated heterocycles. The molecular formula is C46H84N2O2S. The van der Waals surface area contributed by atoms with Gasteiger partial charge in [0.05, 0.1) is 34.6 Å². The highest BCUT2D eigenvalue weighted by Gasteiger charge is 2.21. The fourth-order valence-corrected chi connectivity index (χ4v) is 8.07. The molecular weight excluding hydrogens is 645 g/mol. The van der Waals surface area contributed by atoms with Gasteiger partial charge in [-0.15, -0.1) is 11.3 Å². The van der Waals surface area contributed by atoms with E-state index < -0.39 is 0 Å². The van der Waals surface area contributed by atoms with E-state index in [2.05, 4.69) is 38.5 Å². The highest BCUT2D eigenvalue weighted by Crippen LogP contribution is 2.29. The molecule has 0 aliphatic rings. The van der Waals surface area contributed by atoms with Crippen LogP contribution in [0.4, 0.5) is 0 Å². The first-order valence-corrected chi connectivity index (χ1v) is 23.6. The van der Waals surface area contributed by atoms with Gasteiger partial charge in [-0.2, -0.15) is 0 Å². The summed E-state index contributed by atoms with van der Waals surface area (Å²) in [5, 5.41) is 4.19. The minimum absolute atomic E-state index is 0.0743. The topological polar surface area (TPSA) is 44.2 Å². The Balaban J connectivity index is 1.50. The van der Waals surface area contributed by atoms with Crippen LogP contribution in [0.3, 0.4) is 0 Å². The van der Waals surface area contributed by atoms with E-state index >= 15 is 0 Å². The van der Waals surface area contributed by atoms with Crippen LogP contribution in [0.15, 0.2) is 10.8 Å². The molecule has 296 valence electrons. The Morgan fingerprint density at radius 1 is 0.392 bits per heavy atom. The van der Waals surface area contributed by atoms with E-state index in [-0.39, 0.29) is 12.2 Å². The fraction of sp³-hybridized carbons (Fsp3) is 0.870. The highest BCUT2D eigenvalue weighted by atomic mass is 32.1. The van der Waals surface area contributed by atoms with Crippen LogP contribution >= 0.6 is 11.3 Å². The molecule has 0 spiro atoms. The average molecular weight is 729 g/mol. The number of thiophene rings is 1. The first-order valence-electron chi connectivity index (χ1n) is 22.6. The van der Waals surface area contributed by atoms with E-state index in [1.54, 1.807) is 11.3 Å². The van der Waals surface area contributed by atoms with Gasteiger partial charge >= 0.3 is 0 Å². The molecule has 0 saturated carbocycles. The SMILES string of the molecule is CCCCCCCCCCCCCCCCCCOC(C)c1nc2cscc2nc1C(C)OCCCCCCCCCCCCCCCCCC. The Bertz CT molecular complexity index is 948. The number of aromatic nitrogens is 2. The van der Waals surface area contributed by atoms with Crippen LogP contribution in [0.5, 0.6) is 0 Å². The van der Waals surface area contributed by atoms with Gasteiger partial charge in [0.15, 0.2) is 0 Å². The molecule has 2 rings (SSSR count). The largest absolute Gasteiger partial charge is 0.372 e. The Morgan fingerprint density at radius 3 is 0.882 bits per heavy atom. The third-order valence-electron chi connectivity index (χ3n) is 10.9. The summed E-state index contributed by atoms with van der Waals surface area (Å²) in [5.74, 6) is 0. The van der Waals surface area contributed by atoms with Crippen molar-refractivity contribution in [2.24, 2.45) is 0 Å². The summed E-state index contributed by atoms with van der Waals surface area (Å²) < 4.78 is 12.7. The van der Waals surface area contributed by atoms with Crippen LogP contribution in [0.1, 0.15) is 257 Å². The molecule has 0 aliphatic heterocycles. The zero-order valence-corrected chi connectivity index (χ0v) is 35.3. The molecule has 5 heteroatoms. The van der Waals surface area contributed by atoms with Gasteiger partial charge in [-0.1, -0.05) is 206 Å². The predicted octanol–water partition coefficient (Wildman–Crippen LogP) is 16.4. The maximum atomic E-state index is 6.35. The number of hydrogen-bond donors (Lipinski definition) is 0. The summed E-state index contributed by atoms with van der Waals surface area (Å²) in [7, 11) is 0. The smallest absolute Gasteiger partial charge is 0.0998 e. The molecule has 2 heterocycles. The minimum atomic E-state index is -0.0743. The van der Waals surface area contributed by atoms with Gasteiger partial charge in [-0.05, 0) is 26.7 Å². The second-order valence-electron chi connectivity index (χ2n) is 15.8. The second-order valence-corrected chi connectivity index (χ2v) is 16.5. The highest BCUT2D eigenvalue weighted by molar-refractivity contribution is 7.09. The Hall–Kier alpha value is -1.04. The van der Waals surface area contributed by atoms with Crippen molar-refractivity contribution in [1.82, 2.24) is 9.97 Å². The summed E-state index contributed by atoms with van der Waals surface area (Å²) in [5.41, 5.74) is 3.86. The number of nitrogens with zero attached hydrogens (tertiary/aromatic N) is 2. The van der Waals surface area contributed by atoms with Gasteiger partial charge in [0.1, 0.15) is 0 Å². The van der Waals surface area contributed by atoms with E-state index in [1.807, 2.05) is 0 Å². The van der Waals surface area contributed by atoms with Crippen molar-refractivity contribution in [2.45, 2.75) is 245 Å². The summed E-state index contributed by atoms with van der Waals surface area (Å²) >= 11 is 1.67. The van der Waals surface area contributed by atoms with Gasteiger partial charge < -0.3 is 9.47 Å². The standard InChI is InChI=1S/C46H84N2O2S/c1-5-7-9-11-13-15-17-19-21-23-25-27-29-31-33-35-37-49-41(3)45-46(48-44-40-51-39-43(44)47-45)42(4)50-38-36-34-32-30-28-26-24-22-20-18-16-14-12-10-8-6-2/h39-42H,5-38H2,1-4H3. The molecule has 2 aromatic heterocycles. The first kappa shape index (κ1) is 46.1. The summed E-state index contributed by atoms with van der Waals surface area (Å²) in [6.45, 7) is 10.5. The molecule has 0 aromatic carbocycles. The monoisotopic (exact) mass is 729 g/mol. The van der Waals surface area contributed by atoms with Gasteiger partial charge in [0.25, 0.3) is 0 Å². The quantitative estimate of drug-likeness (QED) is 0.0646. The van der Waals surface area contributed by atoms with Gasteiger partial charge in [-0.3, -0.25) is 0 Å². The third-order valence-corrected chi connectivity index (χ3v) is 11.6. The Morgan fingerprint density at radius 2 is 0.627 bits per heavy atom. The molecule has 0 N–H and O–H groups in total. The average Bonchev–Trinajstić information content (AvgIpc) is 3.61. The second kappa shape index (κ2) is 33.5. The van der Waals surface area contributed by atoms with E-state index in [4.69, 9.17) is 19.4 Å². The lowest BCUT2D eigenvalue weighted by molar-refractivity contribution is 0.0427. The lowest BCUT2D eigenvalue weighted by Crippen LogP contribution is -2.13. The van der Waals surface area contributed by atoms with Gasteiger partial charge in [-0.25, -0.2) is 9.97 Å². The lowest BCUT2D eigenvalue weighted by atomic mass is 10.0. The summed E-state index contributed by atoms with van der Waals surface area (Å²) in [4.78, 5) is 10.0. The molecule has 2 atom stereocenters. The third kappa shape index (κ3) is 24.1. The molecule has 2 aromatic rings. The summed E-state index contributed by atoms with van der Waals surface area (Å²) in [6, 6.07) is 0. The zero-order chi connectivity index (χ0) is 36.5. The number of ether oxygens (including phenoxy) is 2. The molecule has 0 radical (unpaired) electrons. The molecule has 0 fully saturated rings. The van der Waals surface area contributed by atoms with Crippen LogP contribution in [0, 0.1) is 0 Å². The van der Waals surface area contributed by atoms with Crippen molar-refractivity contribution in [2.75, 3.05) is 13.2 Å². The van der Waals surface area contributed by atoms with Crippen LogP contribution < -0.4 is 0 Å². The molecule has 2 unspecified atom stereocenters. The lowest BCUT2D eigenvalue weighted by Gasteiger charge is -2.20. The maximum Gasteiger partial charge on any atom is 0.0998 e. The zero-order valence-electron chi connectivity index (χ0n) is 34.5. The van der Waals surface area contributed by atoms with Crippen LogP contribution in [-0.2, 0) is 9.47 Å². The van der Waals surface area contributed by atoms with Crippen molar-refractivity contribution in [3.8, 4) is 0 Å². The first-order chi connectivity index (χ1) is 25.2. The van der Waals surface area contributed by atoms with Gasteiger partial charge in [0, 0.05) is 24.0 Å². The molecule has 0 amide bonds. The number of unbranched alkanes of at least 4 members (excludes halogenated alkanes) is 30. The maximum absolute atomic E-state index is 6.35. The van der Waals surface area contributed by atoms with Crippen LogP contribution in [-0.4, -0.2) is 23.2 Å². The normalized spacial score (nSPS) is 13.0. The number of fused-ring (bicyclic) bond motifs is 1.